The summed E-state index contributed by atoms with van der Waals surface area (Å²) < 4.78 is 40.6. The molecule has 0 saturated carbocycles. The van der Waals surface area contributed by atoms with Gasteiger partial charge in [0.05, 0.1) is 30.4 Å². The van der Waals surface area contributed by atoms with E-state index in [2.05, 4.69) is 10.3 Å². The van der Waals surface area contributed by atoms with Crippen molar-refractivity contribution in [2.75, 3.05) is 18.5 Å². The normalized spacial score (nSPS) is 11.6. The Morgan fingerprint density at radius 2 is 2.11 bits per heavy atom. The highest BCUT2D eigenvalue weighted by atomic mass is 35.5. The standard InChI is InChI=1S/C11H14ClF3N2O/c1-2-16-10-4-3-8(12)9(17-10)7-18-6-5-11(13,14)15/h3-4H,2,5-7H2,1H3,(H,16,17). The van der Waals surface area contributed by atoms with Gasteiger partial charge in [-0.2, -0.15) is 13.2 Å². The minimum atomic E-state index is -4.21. The Morgan fingerprint density at radius 1 is 1.39 bits per heavy atom. The van der Waals surface area contributed by atoms with Crippen LogP contribution in [0.5, 0.6) is 0 Å². The third kappa shape index (κ3) is 5.55. The lowest BCUT2D eigenvalue weighted by Gasteiger charge is -2.09. The maximum Gasteiger partial charge on any atom is 0.391 e. The number of rotatable bonds is 6. The molecule has 1 heterocycles. The van der Waals surface area contributed by atoms with E-state index in [0.29, 0.717) is 23.1 Å². The summed E-state index contributed by atoms with van der Waals surface area (Å²) in [6.45, 7) is 2.18. The molecule has 1 N–H and O–H groups in total. The molecule has 1 aromatic heterocycles. The van der Waals surface area contributed by atoms with Crippen LogP contribution < -0.4 is 5.32 Å². The predicted octanol–water partition coefficient (Wildman–Crippen LogP) is 3.64. The number of anilines is 1. The van der Waals surface area contributed by atoms with E-state index in [4.69, 9.17) is 16.3 Å². The molecule has 0 saturated heterocycles. The van der Waals surface area contributed by atoms with Gasteiger partial charge in [-0.15, -0.1) is 0 Å². The van der Waals surface area contributed by atoms with Crippen molar-refractivity contribution in [1.82, 2.24) is 4.98 Å². The monoisotopic (exact) mass is 282 g/mol. The molecule has 0 aliphatic carbocycles. The van der Waals surface area contributed by atoms with E-state index in [1.807, 2.05) is 6.92 Å². The van der Waals surface area contributed by atoms with Crippen LogP contribution in [0.25, 0.3) is 0 Å². The van der Waals surface area contributed by atoms with Crippen LogP contribution in [0.2, 0.25) is 5.02 Å². The number of hydrogen-bond donors (Lipinski definition) is 1. The molecule has 0 bridgehead atoms. The second kappa shape index (κ2) is 6.80. The number of pyridine rings is 1. The summed E-state index contributed by atoms with van der Waals surface area (Å²) in [6.07, 6.45) is -5.18. The fraction of sp³-hybridized carbons (Fsp3) is 0.545. The number of halogens is 4. The largest absolute Gasteiger partial charge is 0.391 e. The van der Waals surface area contributed by atoms with Gasteiger partial charge in [-0.1, -0.05) is 11.6 Å². The van der Waals surface area contributed by atoms with E-state index in [9.17, 15) is 13.2 Å². The molecule has 1 aromatic rings. The maximum atomic E-state index is 11.9. The van der Waals surface area contributed by atoms with Crippen LogP contribution in [0, 0.1) is 0 Å². The molecule has 3 nitrogen and oxygen atoms in total. The topological polar surface area (TPSA) is 34.1 Å². The third-order valence-electron chi connectivity index (χ3n) is 2.05. The lowest BCUT2D eigenvalue weighted by atomic mass is 10.3. The van der Waals surface area contributed by atoms with Crippen molar-refractivity contribution >= 4 is 17.4 Å². The van der Waals surface area contributed by atoms with Crippen LogP contribution in [-0.4, -0.2) is 24.3 Å². The summed E-state index contributed by atoms with van der Waals surface area (Å²) in [5, 5.41) is 3.36. The summed E-state index contributed by atoms with van der Waals surface area (Å²) in [6, 6.07) is 3.33. The molecule has 0 aliphatic heterocycles. The Hall–Kier alpha value is -1.01. The molecule has 0 atom stereocenters. The molecule has 0 fully saturated rings. The van der Waals surface area contributed by atoms with Crippen molar-refractivity contribution in [3.8, 4) is 0 Å². The van der Waals surface area contributed by atoms with Gasteiger partial charge in [0.15, 0.2) is 0 Å². The van der Waals surface area contributed by atoms with Gasteiger partial charge in [0.2, 0.25) is 0 Å². The Kier molecular flexibility index (Phi) is 5.68. The number of alkyl halides is 3. The molecule has 0 amide bonds. The Morgan fingerprint density at radius 3 is 2.72 bits per heavy atom. The first-order chi connectivity index (χ1) is 8.42. The minimum Gasteiger partial charge on any atom is -0.375 e. The fourth-order valence-corrected chi connectivity index (χ4v) is 1.38. The van der Waals surface area contributed by atoms with Gasteiger partial charge >= 0.3 is 6.18 Å². The molecule has 1 rings (SSSR count). The first-order valence-corrected chi connectivity index (χ1v) is 5.84. The van der Waals surface area contributed by atoms with Crippen LogP contribution in [0.3, 0.4) is 0 Å². The second-order valence-corrected chi connectivity index (χ2v) is 3.98. The van der Waals surface area contributed by atoms with E-state index >= 15 is 0 Å². The number of ether oxygens (including phenoxy) is 1. The van der Waals surface area contributed by atoms with E-state index in [1.54, 1.807) is 12.1 Å². The van der Waals surface area contributed by atoms with Crippen LogP contribution in [0.1, 0.15) is 19.0 Å². The van der Waals surface area contributed by atoms with E-state index in [1.165, 1.54) is 0 Å². The van der Waals surface area contributed by atoms with E-state index < -0.39 is 19.2 Å². The lowest BCUT2D eigenvalue weighted by Crippen LogP contribution is -2.12. The highest BCUT2D eigenvalue weighted by Gasteiger charge is 2.26. The van der Waals surface area contributed by atoms with Gasteiger partial charge in [0.1, 0.15) is 5.82 Å². The van der Waals surface area contributed by atoms with Gasteiger partial charge in [-0.05, 0) is 19.1 Å². The van der Waals surface area contributed by atoms with Crippen molar-refractivity contribution in [3.05, 3.63) is 22.8 Å². The first-order valence-electron chi connectivity index (χ1n) is 5.46. The van der Waals surface area contributed by atoms with Crippen LogP contribution in [0.15, 0.2) is 12.1 Å². The van der Waals surface area contributed by atoms with Crippen LogP contribution >= 0.6 is 11.6 Å². The zero-order valence-electron chi connectivity index (χ0n) is 9.85. The summed E-state index contributed by atoms with van der Waals surface area (Å²) in [4.78, 5) is 4.15. The number of hydrogen-bond acceptors (Lipinski definition) is 3. The van der Waals surface area contributed by atoms with Crippen LogP contribution in [0.4, 0.5) is 19.0 Å². The van der Waals surface area contributed by atoms with Crippen molar-refractivity contribution < 1.29 is 17.9 Å². The van der Waals surface area contributed by atoms with Crippen molar-refractivity contribution in [2.24, 2.45) is 0 Å². The second-order valence-electron chi connectivity index (χ2n) is 3.57. The van der Waals surface area contributed by atoms with Gasteiger partial charge in [0.25, 0.3) is 0 Å². The Balaban J connectivity index is 2.48. The number of nitrogens with one attached hydrogen (secondary N) is 1. The van der Waals surface area contributed by atoms with Gasteiger partial charge in [-0.25, -0.2) is 4.98 Å². The van der Waals surface area contributed by atoms with Crippen molar-refractivity contribution in [3.63, 3.8) is 0 Å². The minimum absolute atomic E-state index is 0.0336. The molecular weight excluding hydrogens is 269 g/mol. The van der Waals surface area contributed by atoms with E-state index in [0.717, 1.165) is 0 Å². The van der Waals surface area contributed by atoms with Gasteiger partial charge < -0.3 is 10.1 Å². The average Bonchev–Trinajstić information content (AvgIpc) is 2.27. The Bertz CT molecular complexity index is 385. The SMILES string of the molecule is CCNc1ccc(Cl)c(COCCC(F)(F)F)n1. The number of aromatic nitrogens is 1. The highest BCUT2D eigenvalue weighted by Crippen LogP contribution is 2.21. The molecule has 0 spiro atoms. The van der Waals surface area contributed by atoms with E-state index in [-0.39, 0.29) is 6.61 Å². The average molecular weight is 283 g/mol. The molecule has 0 radical (unpaired) electrons. The smallest absolute Gasteiger partial charge is 0.375 e. The summed E-state index contributed by atoms with van der Waals surface area (Å²) >= 11 is 5.87. The third-order valence-corrected chi connectivity index (χ3v) is 2.39. The fourth-order valence-electron chi connectivity index (χ4n) is 1.22. The van der Waals surface area contributed by atoms with Crippen molar-refractivity contribution in [2.45, 2.75) is 26.1 Å². The zero-order valence-corrected chi connectivity index (χ0v) is 10.6. The first kappa shape index (κ1) is 15.0. The molecule has 0 unspecified atom stereocenters. The van der Waals surface area contributed by atoms with Crippen LogP contribution in [-0.2, 0) is 11.3 Å². The highest BCUT2D eigenvalue weighted by molar-refractivity contribution is 6.31. The predicted molar refractivity (Wildman–Crippen MR) is 63.7 cm³/mol. The zero-order chi connectivity index (χ0) is 13.6. The maximum absolute atomic E-state index is 11.9. The van der Waals surface area contributed by atoms with Gasteiger partial charge in [-0.3, -0.25) is 0 Å². The molecule has 102 valence electrons. The summed E-state index contributed by atoms with van der Waals surface area (Å²) in [5.74, 6) is 0.622. The van der Waals surface area contributed by atoms with Crippen molar-refractivity contribution in [1.29, 1.82) is 0 Å². The molecule has 0 aromatic carbocycles. The molecule has 0 aliphatic rings. The summed E-state index contributed by atoms with van der Waals surface area (Å²) in [7, 11) is 0. The molecule has 18 heavy (non-hydrogen) atoms. The molecular formula is C11H14ClF3N2O. The lowest BCUT2D eigenvalue weighted by molar-refractivity contribution is -0.146. The van der Waals surface area contributed by atoms with Gasteiger partial charge in [0, 0.05) is 6.54 Å². The quantitative estimate of drug-likeness (QED) is 0.809. The Labute approximate surface area is 108 Å². The molecule has 7 heteroatoms. The number of nitrogens with zero attached hydrogens (tertiary/aromatic N) is 1. The summed E-state index contributed by atoms with van der Waals surface area (Å²) in [5.41, 5.74) is 0.428.